The van der Waals surface area contributed by atoms with E-state index >= 15 is 0 Å². The zero-order valence-electron chi connectivity index (χ0n) is 16.7. The fourth-order valence-electron chi connectivity index (χ4n) is 4.60. The summed E-state index contributed by atoms with van der Waals surface area (Å²) in [7, 11) is 0. The normalized spacial score (nSPS) is 19.2. The second-order valence-electron chi connectivity index (χ2n) is 8.22. The number of piperazine rings is 1. The number of benzene rings is 2. The van der Waals surface area contributed by atoms with Crippen LogP contribution in [-0.4, -0.2) is 37.1 Å². The highest BCUT2D eigenvalue weighted by Gasteiger charge is 2.25. The zero-order valence-corrected chi connectivity index (χ0v) is 16.7. The van der Waals surface area contributed by atoms with Crippen LogP contribution >= 0.6 is 0 Å². The average molecular weight is 361 g/mol. The van der Waals surface area contributed by atoms with Gasteiger partial charge in [-0.15, -0.1) is 0 Å². The van der Waals surface area contributed by atoms with Gasteiger partial charge in [-0.2, -0.15) is 0 Å². The SMILES string of the molecule is C=C(C)c1ccc(-c2ccc(N3CCN(C4CCCCC4)CC3)cc2)cc1. The predicted molar refractivity (Wildman–Crippen MR) is 117 cm³/mol. The second kappa shape index (κ2) is 8.31. The van der Waals surface area contributed by atoms with Crippen LogP contribution < -0.4 is 4.90 Å². The molecule has 1 saturated heterocycles. The highest BCUT2D eigenvalue weighted by molar-refractivity contribution is 5.70. The quantitative estimate of drug-likeness (QED) is 0.675. The van der Waals surface area contributed by atoms with Crippen molar-refractivity contribution in [2.45, 2.75) is 45.1 Å². The van der Waals surface area contributed by atoms with Crippen LogP contribution in [0.1, 0.15) is 44.6 Å². The monoisotopic (exact) mass is 360 g/mol. The lowest BCUT2D eigenvalue weighted by atomic mass is 9.94. The van der Waals surface area contributed by atoms with E-state index in [-0.39, 0.29) is 0 Å². The van der Waals surface area contributed by atoms with Crippen LogP contribution in [0.4, 0.5) is 5.69 Å². The Morgan fingerprint density at radius 2 is 1.33 bits per heavy atom. The van der Waals surface area contributed by atoms with Gasteiger partial charge in [0.25, 0.3) is 0 Å². The Hall–Kier alpha value is -2.06. The van der Waals surface area contributed by atoms with E-state index in [1.807, 2.05) is 0 Å². The first-order valence-corrected chi connectivity index (χ1v) is 10.6. The molecular formula is C25H32N2. The van der Waals surface area contributed by atoms with Crippen molar-refractivity contribution in [2.24, 2.45) is 0 Å². The molecule has 1 saturated carbocycles. The van der Waals surface area contributed by atoms with Gasteiger partial charge in [-0.1, -0.05) is 67.8 Å². The lowest BCUT2D eigenvalue weighted by Crippen LogP contribution is -2.50. The Kier molecular flexibility index (Phi) is 5.63. The van der Waals surface area contributed by atoms with Crippen LogP contribution in [0.15, 0.2) is 55.1 Å². The Labute approximate surface area is 164 Å². The molecule has 27 heavy (non-hydrogen) atoms. The van der Waals surface area contributed by atoms with Crippen molar-refractivity contribution in [3.8, 4) is 11.1 Å². The maximum absolute atomic E-state index is 4.02. The summed E-state index contributed by atoms with van der Waals surface area (Å²) in [5.74, 6) is 0. The molecular weight excluding hydrogens is 328 g/mol. The second-order valence-corrected chi connectivity index (χ2v) is 8.22. The summed E-state index contributed by atoms with van der Waals surface area (Å²) in [4.78, 5) is 5.29. The molecule has 2 aromatic rings. The van der Waals surface area contributed by atoms with E-state index < -0.39 is 0 Å². The van der Waals surface area contributed by atoms with Gasteiger partial charge in [-0.05, 0) is 48.6 Å². The molecule has 2 aliphatic rings. The molecule has 0 aromatic heterocycles. The van der Waals surface area contributed by atoms with E-state index in [2.05, 4.69) is 71.8 Å². The number of nitrogens with zero attached hydrogens (tertiary/aromatic N) is 2. The van der Waals surface area contributed by atoms with Gasteiger partial charge in [0.2, 0.25) is 0 Å². The smallest absolute Gasteiger partial charge is 0.0367 e. The lowest BCUT2D eigenvalue weighted by Gasteiger charge is -2.41. The molecule has 0 spiro atoms. The highest BCUT2D eigenvalue weighted by atomic mass is 15.3. The van der Waals surface area contributed by atoms with Crippen molar-refractivity contribution in [2.75, 3.05) is 31.1 Å². The molecule has 2 heteroatoms. The number of rotatable bonds is 4. The summed E-state index contributed by atoms with van der Waals surface area (Å²) < 4.78 is 0. The summed E-state index contributed by atoms with van der Waals surface area (Å²) in [6.07, 6.45) is 7.13. The minimum Gasteiger partial charge on any atom is -0.369 e. The predicted octanol–water partition coefficient (Wildman–Crippen LogP) is 5.84. The van der Waals surface area contributed by atoms with Crippen LogP contribution in [-0.2, 0) is 0 Å². The van der Waals surface area contributed by atoms with Crippen LogP contribution in [0.3, 0.4) is 0 Å². The Morgan fingerprint density at radius 3 is 1.89 bits per heavy atom. The van der Waals surface area contributed by atoms with Crippen LogP contribution in [0.25, 0.3) is 16.7 Å². The van der Waals surface area contributed by atoms with E-state index in [1.54, 1.807) is 0 Å². The molecule has 1 aliphatic heterocycles. The van der Waals surface area contributed by atoms with E-state index in [9.17, 15) is 0 Å². The molecule has 2 nitrogen and oxygen atoms in total. The highest BCUT2D eigenvalue weighted by Crippen LogP contribution is 2.27. The van der Waals surface area contributed by atoms with Gasteiger partial charge in [-0.3, -0.25) is 4.90 Å². The van der Waals surface area contributed by atoms with Crippen LogP contribution in [0.5, 0.6) is 0 Å². The fraction of sp³-hybridized carbons (Fsp3) is 0.440. The fourth-order valence-corrected chi connectivity index (χ4v) is 4.60. The Bertz CT molecular complexity index is 746. The summed E-state index contributed by atoms with van der Waals surface area (Å²) >= 11 is 0. The molecule has 2 fully saturated rings. The third kappa shape index (κ3) is 4.27. The van der Waals surface area contributed by atoms with Gasteiger partial charge in [0.15, 0.2) is 0 Å². The van der Waals surface area contributed by atoms with Crippen molar-refractivity contribution >= 4 is 11.3 Å². The number of hydrogen-bond donors (Lipinski definition) is 0. The molecule has 142 valence electrons. The van der Waals surface area contributed by atoms with Crippen molar-refractivity contribution in [3.05, 3.63) is 60.7 Å². The molecule has 0 amide bonds. The first-order chi connectivity index (χ1) is 13.2. The number of anilines is 1. The molecule has 2 aromatic carbocycles. The molecule has 1 heterocycles. The summed E-state index contributed by atoms with van der Waals surface area (Å²) in [5, 5.41) is 0. The van der Waals surface area contributed by atoms with Gasteiger partial charge < -0.3 is 4.90 Å². The molecule has 0 radical (unpaired) electrons. The molecule has 0 bridgehead atoms. The Morgan fingerprint density at radius 1 is 0.778 bits per heavy atom. The molecule has 0 unspecified atom stereocenters. The topological polar surface area (TPSA) is 6.48 Å². The summed E-state index contributed by atoms with van der Waals surface area (Å²) in [6, 6.07) is 18.7. The minimum absolute atomic E-state index is 0.852. The third-order valence-corrected chi connectivity index (χ3v) is 6.35. The minimum atomic E-state index is 0.852. The molecule has 4 rings (SSSR count). The number of allylic oxidation sites excluding steroid dienone is 1. The third-order valence-electron chi connectivity index (χ3n) is 6.35. The van der Waals surface area contributed by atoms with Crippen LogP contribution in [0.2, 0.25) is 0 Å². The van der Waals surface area contributed by atoms with E-state index in [4.69, 9.17) is 0 Å². The molecule has 1 aliphatic carbocycles. The lowest BCUT2D eigenvalue weighted by molar-refractivity contribution is 0.148. The average Bonchev–Trinajstić information content (AvgIpc) is 2.75. The van der Waals surface area contributed by atoms with Gasteiger partial charge in [0.1, 0.15) is 0 Å². The summed E-state index contributed by atoms with van der Waals surface area (Å²) in [6.45, 7) is 10.8. The molecule has 0 atom stereocenters. The number of hydrogen-bond acceptors (Lipinski definition) is 2. The maximum atomic E-state index is 4.02. The Balaban J connectivity index is 1.37. The van der Waals surface area contributed by atoms with E-state index in [1.165, 1.54) is 67.6 Å². The van der Waals surface area contributed by atoms with Crippen molar-refractivity contribution in [1.29, 1.82) is 0 Å². The standard InChI is InChI=1S/C25H32N2/c1-20(2)21-8-10-22(11-9-21)23-12-14-25(15-13-23)27-18-16-26(17-19-27)24-6-4-3-5-7-24/h8-15,24H,1,3-7,16-19H2,2H3. The first kappa shape index (κ1) is 18.3. The zero-order chi connectivity index (χ0) is 18.6. The first-order valence-electron chi connectivity index (χ1n) is 10.6. The van der Waals surface area contributed by atoms with Crippen LogP contribution in [0, 0.1) is 0 Å². The summed E-state index contributed by atoms with van der Waals surface area (Å²) in [5.41, 5.74) is 6.25. The molecule has 0 N–H and O–H groups in total. The van der Waals surface area contributed by atoms with Crippen molar-refractivity contribution < 1.29 is 0 Å². The van der Waals surface area contributed by atoms with Gasteiger partial charge >= 0.3 is 0 Å². The largest absolute Gasteiger partial charge is 0.369 e. The van der Waals surface area contributed by atoms with Gasteiger partial charge in [-0.25, -0.2) is 0 Å². The van der Waals surface area contributed by atoms with Gasteiger partial charge in [0.05, 0.1) is 0 Å². The van der Waals surface area contributed by atoms with E-state index in [0.717, 1.165) is 24.7 Å². The van der Waals surface area contributed by atoms with E-state index in [0.29, 0.717) is 0 Å². The van der Waals surface area contributed by atoms with Gasteiger partial charge in [0, 0.05) is 37.9 Å². The van der Waals surface area contributed by atoms with Crippen molar-refractivity contribution in [1.82, 2.24) is 4.90 Å². The van der Waals surface area contributed by atoms with Crippen molar-refractivity contribution in [3.63, 3.8) is 0 Å². The maximum Gasteiger partial charge on any atom is 0.0367 e.